The molecule has 0 unspecified atom stereocenters. The highest BCUT2D eigenvalue weighted by atomic mass is 35.5. The highest BCUT2D eigenvalue weighted by Gasteiger charge is 2.12. The van der Waals surface area contributed by atoms with E-state index >= 15 is 0 Å². The largest absolute Gasteiger partial charge is 0.355 e. The molecule has 2 aromatic rings. The minimum atomic E-state index is -0.201. The van der Waals surface area contributed by atoms with Crippen molar-refractivity contribution in [3.63, 3.8) is 0 Å². The molecule has 1 heterocycles. The third-order valence-electron chi connectivity index (χ3n) is 2.61. The SMILES string of the molecule is CNC(=O)c1cc(C)ccc1Nc1nc(Cl)ncc1Cl. The zero-order valence-electron chi connectivity index (χ0n) is 10.9. The lowest BCUT2D eigenvalue weighted by molar-refractivity contribution is 0.0964. The molecule has 7 heteroatoms. The van der Waals surface area contributed by atoms with E-state index in [0.717, 1.165) is 5.56 Å². The molecule has 0 aliphatic carbocycles. The van der Waals surface area contributed by atoms with Crippen LogP contribution < -0.4 is 10.6 Å². The van der Waals surface area contributed by atoms with Gasteiger partial charge in [-0.05, 0) is 30.7 Å². The molecule has 20 heavy (non-hydrogen) atoms. The standard InChI is InChI=1S/C13H12Cl2N4O/c1-7-3-4-10(8(5-7)12(20)16-2)18-11-9(14)6-17-13(15)19-11/h3-6H,1-2H3,(H,16,20)(H,17,18,19). The molecule has 104 valence electrons. The van der Waals surface area contributed by atoms with Crippen molar-refractivity contribution in [1.29, 1.82) is 0 Å². The summed E-state index contributed by atoms with van der Waals surface area (Å²) in [5, 5.41) is 5.98. The lowest BCUT2D eigenvalue weighted by Gasteiger charge is -2.12. The van der Waals surface area contributed by atoms with Crippen LogP contribution in [0.4, 0.5) is 11.5 Å². The fraction of sp³-hybridized carbons (Fsp3) is 0.154. The van der Waals surface area contributed by atoms with Crippen molar-refractivity contribution in [1.82, 2.24) is 15.3 Å². The fourth-order valence-corrected chi connectivity index (χ4v) is 1.92. The van der Waals surface area contributed by atoms with Gasteiger partial charge in [-0.2, -0.15) is 4.98 Å². The number of anilines is 2. The van der Waals surface area contributed by atoms with Crippen LogP contribution in [0.1, 0.15) is 15.9 Å². The van der Waals surface area contributed by atoms with Gasteiger partial charge in [0.2, 0.25) is 5.28 Å². The Morgan fingerprint density at radius 3 is 2.75 bits per heavy atom. The number of nitrogens with zero attached hydrogens (tertiary/aromatic N) is 2. The number of hydrogen-bond donors (Lipinski definition) is 2. The maximum Gasteiger partial charge on any atom is 0.253 e. The van der Waals surface area contributed by atoms with E-state index in [1.54, 1.807) is 19.2 Å². The quantitative estimate of drug-likeness (QED) is 0.854. The van der Waals surface area contributed by atoms with E-state index in [1.807, 2.05) is 13.0 Å². The highest BCUT2D eigenvalue weighted by molar-refractivity contribution is 6.33. The first-order valence-electron chi connectivity index (χ1n) is 5.79. The van der Waals surface area contributed by atoms with E-state index < -0.39 is 0 Å². The summed E-state index contributed by atoms with van der Waals surface area (Å²) >= 11 is 11.7. The van der Waals surface area contributed by atoms with Crippen molar-refractivity contribution in [2.75, 3.05) is 12.4 Å². The molecule has 0 radical (unpaired) electrons. The first kappa shape index (κ1) is 14.6. The number of halogens is 2. The van der Waals surface area contributed by atoms with Crippen molar-refractivity contribution >= 4 is 40.6 Å². The van der Waals surface area contributed by atoms with Crippen LogP contribution in [0.25, 0.3) is 0 Å². The molecular weight excluding hydrogens is 299 g/mol. The molecule has 2 N–H and O–H groups in total. The summed E-state index contributed by atoms with van der Waals surface area (Å²) in [5.41, 5.74) is 2.06. The second kappa shape index (κ2) is 6.07. The number of aryl methyl sites for hydroxylation is 1. The molecule has 0 saturated heterocycles. The van der Waals surface area contributed by atoms with Gasteiger partial charge in [0, 0.05) is 7.05 Å². The minimum absolute atomic E-state index is 0.0745. The summed E-state index contributed by atoms with van der Waals surface area (Å²) in [6, 6.07) is 5.44. The number of benzene rings is 1. The first-order valence-corrected chi connectivity index (χ1v) is 6.54. The van der Waals surface area contributed by atoms with Crippen LogP contribution >= 0.6 is 23.2 Å². The first-order chi connectivity index (χ1) is 9.51. The number of carbonyl (C=O) groups excluding carboxylic acids is 1. The third kappa shape index (κ3) is 3.18. The Balaban J connectivity index is 2.43. The van der Waals surface area contributed by atoms with Crippen LogP contribution in [-0.4, -0.2) is 22.9 Å². The third-order valence-corrected chi connectivity index (χ3v) is 3.07. The minimum Gasteiger partial charge on any atom is -0.355 e. The smallest absolute Gasteiger partial charge is 0.253 e. The normalized spacial score (nSPS) is 10.2. The lowest BCUT2D eigenvalue weighted by atomic mass is 10.1. The van der Waals surface area contributed by atoms with Gasteiger partial charge in [-0.25, -0.2) is 4.98 Å². The monoisotopic (exact) mass is 310 g/mol. The molecule has 0 atom stereocenters. The average molecular weight is 311 g/mol. The maximum atomic E-state index is 11.9. The summed E-state index contributed by atoms with van der Waals surface area (Å²) in [5.74, 6) is 0.146. The topological polar surface area (TPSA) is 66.9 Å². The van der Waals surface area contributed by atoms with Crippen molar-refractivity contribution in [3.05, 3.63) is 45.8 Å². The Kier molecular flexibility index (Phi) is 4.42. The van der Waals surface area contributed by atoms with Crippen molar-refractivity contribution < 1.29 is 4.79 Å². The van der Waals surface area contributed by atoms with E-state index in [9.17, 15) is 4.79 Å². The number of nitrogens with one attached hydrogen (secondary N) is 2. The molecule has 0 aliphatic heterocycles. The van der Waals surface area contributed by atoms with Gasteiger partial charge in [-0.1, -0.05) is 23.2 Å². The predicted octanol–water partition coefficient (Wildman–Crippen LogP) is 3.20. The maximum absolute atomic E-state index is 11.9. The Labute approximate surface area is 126 Å². The van der Waals surface area contributed by atoms with Gasteiger partial charge in [-0.3, -0.25) is 4.79 Å². The molecule has 1 aromatic carbocycles. The van der Waals surface area contributed by atoms with Gasteiger partial charge >= 0.3 is 0 Å². The van der Waals surface area contributed by atoms with E-state index in [2.05, 4.69) is 20.6 Å². The van der Waals surface area contributed by atoms with Crippen LogP contribution in [0, 0.1) is 6.92 Å². The van der Waals surface area contributed by atoms with Gasteiger partial charge in [0.05, 0.1) is 17.4 Å². The number of hydrogen-bond acceptors (Lipinski definition) is 4. The van der Waals surface area contributed by atoms with E-state index in [4.69, 9.17) is 23.2 Å². The van der Waals surface area contributed by atoms with Gasteiger partial charge in [-0.15, -0.1) is 0 Å². The number of carbonyl (C=O) groups is 1. The summed E-state index contributed by atoms with van der Waals surface area (Å²) in [6.45, 7) is 1.91. The second-order valence-corrected chi connectivity index (χ2v) is 4.83. The molecule has 0 saturated carbocycles. The molecule has 0 fully saturated rings. The number of amides is 1. The molecule has 2 rings (SSSR count). The molecule has 0 bridgehead atoms. The Bertz CT molecular complexity index is 661. The lowest BCUT2D eigenvalue weighted by Crippen LogP contribution is -2.19. The van der Waals surface area contributed by atoms with Gasteiger partial charge < -0.3 is 10.6 Å². The summed E-state index contributed by atoms with van der Waals surface area (Å²) in [4.78, 5) is 19.7. The molecule has 5 nitrogen and oxygen atoms in total. The van der Waals surface area contributed by atoms with E-state index in [-0.39, 0.29) is 11.2 Å². The van der Waals surface area contributed by atoms with Crippen LogP contribution in [0.15, 0.2) is 24.4 Å². The van der Waals surface area contributed by atoms with Crippen LogP contribution in [-0.2, 0) is 0 Å². The number of rotatable bonds is 3. The zero-order chi connectivity index (χ0) is 14.7. The van der Waals surface area contributed by atoms with Gasteiger partial charge in [0.25, 0.3) is 5.91 Å². The van der Waals surface area contributed by atoms with Crippen LogP contribution in [0.2, 0.25) is 10.3 Å². The molecule has 1 amide bonds. The van der Waals surface area contributed by atoms with Crippen molar-refractivity contribution in [3.8, 4) is 0 Å². The van der Waals surface area contributed by atoms with E-state index in [1.165, 1.54) is 6.20 Å². The van der Waals surface area contributed by atoms with Crippen LogP contribution in [0.3, 0.4) is 0 Å². The van der Waals surface area contributed by atoms with Gasteiger partial charge in [0.1, 0.15) is 5.02 Å². The number of aromatic nitrogens is 2. The second-order valence-electron chi connectivity index (χ2n) is 4.09. The Morgan fingerprint density at radius 2 is 2.05 bits per heavy atom. The highest BCUT2D eigenvalue weighted by Crippen LogP contribution is 2.26. The molecule has 0 aliphatic rings. The Morgan fingerprint density at radius 1 is 1.30 bits per heavy atom. The predicted molar refractivity (Wildman–Crippen MR) is 79.9 cm³/mol. The van der Waals surface area contributed by atoms with Crippen molar-refractivity contribution in [2.45, 2.75) is 6.92 Å². The Hall–Kier alpha value is -1.85. The molecule has 1 aromatic heterocycles. The average Bonchev–Trinajstić information content (AvgIpc) is 2.43. The van der Waals surface area contributed by atoms with E-state index in [0.29, 0.717) is 22.1 Å². The fourth-order valence-electron chi connectivity index (χ4n) is 1.65. The van der Waals surface area contributed by atoms with Gasteiger partial charge in [0.15, 0.2) is 5.82 Å². The molecular formula is C13H12Cl2N4O. The summed E-state index contributed by atoms with van der Waals surface area (Å²) in [7, 11) is 1.57. The van der Waals surface area contributed by atoms with Crippen molar-refractivity contribution in [2.24, 2.45) is 0 Å². The molecule has 0 spiro atoms. The van der Waals surface area contributed by atoms with Crippen LogP contribution in [0.5, 0.6) is 0 Å². The zero-order valence-corrected chi connectivity index (χ0v) is 12.4. The summed E-state index contributed by atoms with van der Waals surface area (Å²) in [6.07, 6.45) is 1.40. The summed E-state index contributed by atoms with van der Waals surface area (Å²) < 4.78 is 0.